The molecule has 1 aromatic carbocycles. The third-order valence-electron chi connectivity index (χ3n) is 5.37. The highest BCUT2D eigenvalue weighted by Crippen LogP contribution is 2.42. The molecule has 2 aliphatic rings. The van der Waals surface area contributed by atoms with Crippen molar-refractivity contribution in [3.8, 4) is 5.75 Å². The number of nitrogens with one attached hydrogen (secondary N) is 1. The van der Waals surface area contributed by atoms with Crippen molar-refractivity contribution < 1.29 is 14.3 Å². The van der Waals surface area contributed by atoms with Crippen LogP contribution in [0.3, 0.4) is 0 Å². The van der Waals surface area contributed by atoms with Crippen molar-refractivity contribution in [2.45, 2.75) is 25.9 Å². The molecule has 0 unspecified atom stereocenters. The first-order valence-corrected chi connectivity index (χ1v) is 9.97. The zero-order valence-electron chi connectivity index (χ0n) is 17.6. The fourth-order valence-corrected chi connectivity index (χ4v) is 3.92. The number of morpholine rings is 1. The van der Waals surface area contributed by atoms with Gasteiger partial charge in [-0.25, -0.2) is 5.84 Å². The van der Waals surface area contributed by atoms with Gasteiger partial charge in [0.15, 0.2) is 0 Å². The number of anilines is 4. The molecule has 0 spiro atoms. The summed E-state index contributed by atoms with van der Waals surface area (Å²) in [5, 5.41) is 4.37. The Morgan fingerprint density at radius 1 is 1.27 bits per heavy atom. The van der Waals surface area contributed by atoms with Crippen LogP contribution in [0.1, 0.15) is 29.8 Å². The molecular formula is C21H28N6O3. The summed E-state index contributed by atoms with van der Waals surface area (Å²) in [6.07, 6.45) is 3.75. The van der Waals surface area contributed by atoms with Crippen LogP contribution < -0.4 is 31.5 Å². The van der Waals surface area contributed by atoms with Crippen LogP contribution in [0.4, 0.5) is 22.7 Å². The van der Waals surface area contributed by atoms with Gasteiger partial charge in [0.25, 0.3) is 5.91 Å². The Kier molecular flexibility index (Phi) is 5.17. The minimum absolute atomic E-state index is 0.273. The number of hydrazine groups is 1. The maximum absolute atomic E-state index is 13.1. The van der Waals surface area contributed by atoms with Crippen LogP contribution in [0.5, 0.6) is 5.75 Å². The highest BCUT2D eigenvalue weighted by atomic mass is 16.5. The van der Waals surface area contributed by atoms with E-state index in [0.29, 0.717) is 24.6 Å². The minimum atomic E-state index is -0.337. The van der Waals surface area contributed by atoms with Crippen LogP contribution in [0.25, 0.3) is 0 Å². The summed E-state index contributed by atoms with van der Waals surface area (Å²) < 4.78 is 11.6. The predicted octanol–water partition coefficient (Wildman–Crippen LogP) is 1.78. The smallest absolute Gasteiger partial charge is 0.259 e. The number of nitrogens with zero attached hydrogens (tertiary/aromatic N) is 3. The van der Waals surface area contributed by atoms with Gasteiger partial charge in [-0.05, 0) is 19.9 Å². The van der Waals surface area contributed by atoms with Gasteiger partial charge in [-0.2, -0.15) is 0 Å². The van der Waals surface area contributed by atoms with Crippen molar-refractivity contribution >= 4 is 28.7 Å². The van der Waals surface area contributed by atoms with Crippen LogP contribution in [0.15, 0.2) is 24.5 Å². The largest absolute Gasteiger partial charge is 0.487 e. The number of nitrogens with two attached hydrogens (primary N) is 2. The van der Waals surface area contributed by atoms with E-state index in [0.717, 1.165) is 36.5 Å². The van der Waals surface area contributed by atoms with Gasteiger partial charge in [0.1, 0.15) is 11.4 Å². The summed E-state index contributed by atoms with van der Waals surface area (Å²) in [6.45, 7) is 6.86. The van der Waals surface area contributed by atoms with Crippen LogP contribution >= 0.6 is 0 Å². The number of aromatic nitrogens is 1. The van der Waals surface area contributed by atoms with E-state index in [2.05, 4.69) is 29.0 Å². The summed E-state index contributed by atoms with van der Waals surface area (Å²) in [7, 11) is 1.65. The maximum Gasteiger partial charge on any atom is 0.259 e. The quantitative estimate of drug-likeness (QED) is 0.514. The number of rotatable bonds is 4. The molecule has 1 amide bonds. The van der Waals surface area contributed by atoms with Crippen molar-refractivity contribution in [1.82, 2.24) is 4.98 Å². The van der Waals surface area contributed by atoms with E-state index in [9.17, 15) is 4.79 Å². The molecule has 0 saturated carbocycles. The van der Waals surface area contributed by atoms with Gasteiger partial charge in [0.2, 0.25) is 0 Å². The number of nitrogen functional groups attached to an aromatic ring is 1. The lowest BCUT2D eigenvalue weighted by atomic mass is 10.0. The van der Waals surface area contributed by atoms with Gasteiger partial charge in [0.05, 0.1) is 47.7 Å². The number of hydrogen-bond acceptors (Lipinski definition) is 8. The summed E-state index contributed by atoms with van der Waals surface area (Å²) >= 11 is 0. The van der Waals surface area contributed by atoms with Crippen molar-refractivity contribution in [3.05, 3.63) is 35.7 Å². The molecule has 0 bridgehead atoms. The Morgan fingerprint density at radius 3 is 2.70 bits per heavy atom. The lowest BCUT2D eigenvalue weighted by Gasteiger charge is -2.31. The molecule has 2 aliphatic heterocycles. The van der Waals surface area contributed by atoms with Crippen LogP contribution in [0.2, 0.25) is 0 Å². The van der Waals surface area contributed by atoms with E-state index in [4.69, 9.17) is 21.1 Å². The van der Waals surface area contributed by atoms with Crippen molar-refractivity contribution in [3.63, 3.8) is 0 Å². The monoisotopic (exact) mass is 412 g/mol. The number of carbonyl (C=O) groups is 1. The molecule has 1 fully saturated rings. The number of pyridine rings is 1. The van der Waals surface area contributed by atoms with Gasteiger partial charge in [-0.3, -0.25) is 9.78 Å². The topological polar surface area (TPSA) is 119 Å². The lowest BCUT2D eigenvalue weighted by molar-refractivity contribution is 0.102. The Morgan fingerprint density at radius 2 is 2.00 bits per heavy atom. The number of hydrogen-bond donors (Lipinski definition) is 3. The molecule has 1 aromatic heterocycles. The van der Waals surface area contributed by atoms with Crippen LogP contribution in [0, 0.1) is 0 Å². The Hall–Kier alpha value is -3.04. The Balaban J connectivity index is 1.70. The molecular weight excluding hydrogens is 384 g/mol. The van der Waals surface area contributed by atoms with Crippen molar-refractivity contribution in [2.24, 2.45) is 5.84 Å². The first-order chi connectivity index (χ1) is 14.2. The summed E-state index contributed by atoms with van der Waals surface area (Å²) in [5.74, 6) is 6.31. The van der Waals surface area contributed by atoms with Gasteiger partial charge < -0.3 is 30.4 Å². The van der Waals surface area contributed by atoms with E-state index in [1.165, 1.54) is 17.4 Å². The minimum Gasteiger partial charge on any atom is -0.487 e. The summed E-state index contributed by atoms with van der Waals surface area (Å²) in [4.78, 5) is 19.4. The molecule has 5 N–H and O–H groups in total. The zero-order valence-corrected chi connectivity index (χ0v) is 17.6. The fraction of sp³-hybridized carbons (Fsp3) is 0.429. The second-order valence-electron chi connectivity index (χ2n) is 8.30. The third kappa shape index (κ3) is 3.86. The molecule has 9 nitrogen and oxygen atoms in total. The SMILES string of the molecule is CN(N)c1cncc(C(=O)Nc2cc3c(cc2N2CCOCC2)OC(C)(C)C3)c1N. The average molecular weight is 412 g/mol. The highest BCUT2D eigenvalue weighted by Gasteiger charge is 2.32. The molecule has 160 valence electrons. The number of ether oxygens (including phenoxy) is 2. The highest BCUT2D eigenvalue weighted by molar-refractivity contribution is 6.10. The second-order valence-corrected chi connectivity index (χ2v) is 8.30. The lowest BCUT2D eigenvalue weighted by Crippen LogP contribution is -2.36. The molecule has 0 radical (unpaired) electrons. The van der Waals surface area contributed by atoms with E-state index >= 15 is 0 Å². The van der Waals surface area contributed by atoms with Gasteiger partial charge in [-0.15, -0.1) is 0 Å². The maximum atomic E-state index is 13.1. The number of carbonyl (C=O) groups excluding carboxylic acids is 1. The van der Waals surface area contributed by atoms with Gasteiger partial charge in [-0.1, -0.05) is 0 Å². The predicted molar refractivity (Wildman–Crippen MR) is 117 cm³/mol. The molecule has 9 heteroatoms. The zero-order chi connectivity index (χ0) is 21.5. The average Bonchev–Trinajstić information content (AvgIpc) is 3.00. The molecule has 0 atom stereocenters. The number of amides is 1. The standard InChI is InChI=1S/C21H28N6O3/c1-21(2)10-13-8-15(16(9-18(13)30-21)27-4-6-29-7-5-27)25-20(28)14-11-24-12-17(19(14)22)26(3)23/h8-9,11-12H,4-7,10,23H2,1-3H3,(H2,22,24)(H,25,28). The Bertz CT molecular complexity index is 969. The molecule has 0 aliphatic carbocycles. The molecule has 1 saturated heterocycles. The first-order valence-electron chi connectivity index (χ1n) is 9.97. The fourth-order valence-electron chi connectivity index (χ4n) is 3.92. The normalized spacial score (nSPS) is 17.3. The van der Waals surface area contributed by atoms with Gasteiger partial charge in [0, 0.05) is 44.4 Å². The molecule has 30 heavy (non-hydrogen) atoms. The first kappa shape index (κ1) is 20.2. The second kappa shape index (κ2) is 7.66. The van der Waals surface area contributed by atoms with E-state index < -0.39 is 0 Å². The number of benzene rings is 1. The third-order valence-corrected chi connectivity index (χ3v) is 5.37. The Labute approximate surface area is 175 Å². The summed E-state index contributed by atoms with van der Waals surface area (Å²) in [6, 6.07) is 4.01. The van der Waals surface area contributed by atoms with Crippen molar-refractivity contribution in [1.29, 1.82) is 0 Å². The van der Waals surface area contributed by atoms with Gasteiger partial charge >= 0.3 is 0 Å². The van der Waals surface area contributed by atoms with E-state index in [1.54, 1.807) is 7.05 Å². The number of fused-ring (bicyclic) bond motifs is 1. The van der Waals surface area contributed by atoms with Crippen LogP contribution in [-0.4, -0.2) is 49.8 Å². The molecule has 3 heterocycles. The molecule has 4 rings (SSSR count). The van der Waals surface area contributed by atoms with E-state index in [1.807, 2.05) is 12.1 Å². The van der Waals surface area contributed by atoms with Crippen molar-refractivity contribution in [2.75, 3.05) is 54.3 Å². The molecule has 2 aromatic rings. The van der Waals surface area contributed by atoms with E-state index in [-0.39, 0.29) is 22.8 Å². The van der Waals surface area contributed by atoms with Crippen LogP contribution in [-0.2, 0) is 11.2 Å². The summed E-state index contributed by atoms with van der Waals surface area (Å²) in [5.41, 5.74) is 9.63.